The van der Waals surface area contributed by atoms with Crippen LogP contribution in [0.25, 0.3) is 22.3 Å². The molecule has 1 unspecified atom stereocenters. The van der Waals surface area contributed by atoms with Gasteiger partial charge in [-0.15, -0.1) is 0 Å². The van der Waals surface area contributed by atoms with Crippen LogP contribution in [-0.4, -0.2) is 44.8 Å². The summed E-state index contributed by atoms with van der Waals surface area (Å²) in [6.45, 7) is 5.25. The minimum atomic E-state index is 0.179. The van der Waals surface area contributed by atoms with Crippen molar-refractivity contribution in [3.63, 3.8) is 0 Å². The number of pyridine rings is 1. The number of aryl methyl sites for hydroxylation is 2. The van der Waals surface area contributed by atoms with Crippen LogP contribution in [0.15, 0.2) is 18.5 Å². The first-order chi connectivity index (χ1) is 11.6. The molecule has 6 heteroatoms. The summed E-state index contributed by atoms with van der Waals surface area (Å²) in [5.41, 5.74) is 5.38. The molecule has 5 rings (SSSR count). The predicted octanol–water partition coefficient (Wildman–Crippen LogP) is 3.37. The fourth-order valence-electron chi connectivity index (χ4n) is 4.47. The average Bonchev–Trinajstić information content (AvgIpc) is 3.29. The van der Waals surface area contributed by atoms with E-state index in [1.54, 1.807) is 0 Å². The summed E-state index contributed by atoms with van der Waals surface area (Å²) in [4.78, 5) is 10.1. The molecule has 0 radical (unpaired) electrons. The molecule has 2 aliphatic heterocycles. The molecule has 0 bridgehead atoms. The van der Waals surface area contributed by atoms with E-state index in [1.807, 2.05) is 12.4 Å². The van der Waals surface area contributed by atoms with Gasteiger partial charge in [0.15, 0.2) is 0 Å². The van der Waals surface area contributed by atoms with Crippen molar-refractivity contribution >= 4 is 22.6 Å². The Morgan fingerprint density at radius 1 is 1.29 bits per heavy atom. The number of likely N-dealkylation sites (tertiary alicyclic amines) is 1. The van der Waals surface area contributed by atoms with Gasteiger partial charge in [-0.05, 0) is 45.0 Å². The van der Waals surface area contributed by atoms with Gasteiger partial charge in [-0.25, -0.2) is 4.98 Å². The molecule has 0 aromatic carbocycles. The third-order valence-corrected chi connectivity index (χ3v) is 6.11. The number of aromatic amines is 1. The molecule has 5 nitrogen and oxygen atoms in total. The minimum absolute atomic E-state index is 0.179. The number of likely N-dealkylation sites (N-methyl/N-ethyl adjacent to an activating group) is 1. The first-order valence-electron chi connectivity index (χ1n) is 8.47. The lowest BCUT2D eigenvalue weighted by atomic mass is 9.82. The van der Waals surface area contributed by atoms with E-state index in [2.05, 4.69) is 39.6 Å². The number of aromatic nitrogens is 4. The molecule has 0 amide bonds. The van der Waals surface area contributed by atoms with Gasteiger partial charge in [-0.1, -0.05) is 11.6 Å². The number of hydrogen-bond donors (Lipinski definition) is 1. The highest BCUT2D eigenvalue weighted by atomic mass is 35.5. The summed E-state index contributed by atoms with van der Waals surface area (Å²) in [5.74, 6) is 0. The molecule has 3 aromatic rings. The second kappa shape index (κ2) is 4.83. The molecule has 3 aromatic heterocycles. The van der Waals surface area contributed by atoms with Gasteiger partial charge in [0.2, 0.25) is 0 Å². The Morgan fingerprint density at radius 3 is 2.92 bits per heavy atom. The standard InChI is InChI=1S/C18H20ClN5/c1-11-8-20-17-13(11)7-12(9-21-17)15-14(19)16-18(3-5-23(2)10-18)4-6-24(16)22-15/h7-9H,3-6,10H2,1-2H3,(H,20,21). The van der Waals surface area contributed by atoms with E-state index in [0.29, 0.717) is 0 Å². The van der Waals surface area contributed by atoms with Gasteiger partial charge in [0.25, 0.3) is 0 Å². The summed E-state index contributed by atoms with van der Waals surface area (Å²) >= 11 is 6.85. The predicted molar refractivity (Wildman–Crippen MR) is 95.5 cm³/mol. The normalized spacial score (nSPS) is 23.6. The van der Waals surface area contributed by atoms with Crippen LogP contribution in [-0.2, 0) is 12.0 Å². The first-order valence-corrected chi connectivity index (χ1v) is 8.85. The lowest BCUT2D eigenvalue weighted by Gasteiger charge is -2.22. The van der Waals surface area contributed by atoms with Gasteiger partial charge in [0.05, 0.1) is 10.7 Å². The molecule has 0 saturated carbocycles. The molecule has 124 valence electrons. The molecule has 2 aliphatic rings. The van der Waals surface area contributed by atoms with Crippen molar-refractivity contribution in [1.82, 2.24) is 24.6 Å². The Kier molecular flexibility index (Phi) is 2.92. The van der Waals surface area contributed by atoms with Crippen molar-refractivity contribution in [3.8, 4) is 11.3 Å². The second-order valence-electron chi connectivity index (χ2n) is 7.34. The third-order valence-electron chi connectivity index (χ3n) is 5.76. The van der Waals surface area contributed by atoms with Gasteiger partial charge in [-0.2, -0.15) is 5.10 Å². The number of rotatable bonds is 1. The smallest absolute Gasteiger partial charge is 0.137 e. The van der Waals surface area contributed by atoms with E-state index >= 15 is 0 Å². The van der Waals surface area contributed by atoms with E-state index in [9.17, 15) is 0 Å². The maximum atomic E-state index is 6.85. The van der Waals surface area contributed by atoms with Crippen LogP contribution in [0.5, 0.6) is 0 Å². The number of fused-ring (bicyclic) bond motifs is 3. The van der Waals surface area contributed by atoms with E-state index in [1.165, 1.54) is 17.7 Å². The van der Waals surface area contributed by atoms with Crippen molar-refractivity contribution in [2.75, 3.05) is 20.1 Å². The fraction of sp³-hybridized carbons (Fsp3) is 0.444. The molecule has 1 fully saturated rings. The zero-order valence-corrected chi connectivity index (χ0v) is 14.7. The number of hydrogen-bond acceptors (Lipinski definition) is 3. The van der Waals surface area contributed by atoms with Crippen molar-refractivity contribution in [1.29, 1.82) is 0 Å². The quantitative estimate of drug-likeness (QED) is 0.738. The van der Waals surface area contributed by atoms with Crippen LogP contribution in [0.4, 0.5) is 0 Å². The summed E-state index contributed by atoms with van der Waals surface area (Å²) < 4.78 is 2.13. The number of nitrogens with one attached hydrogen (secondary N) is 1. The van der Waals surface area contributed by atoms with E-state index in [0.717, 1.165) is 53.4 Å². The van der Waals surface area contributed by atoms with E-state index in [4.69, 9.17) is 16.7 Å². The van der Waals surface area contributed by atoms with Crippen molar-refractivity contribution < 1.29 is 0 Å². The van der Waals surface area contributed by atoms with Crippen LogP contribution in [0.2, 0.25) is 5.02 Å². The van der Waals surface area contributed by atoms with E-state index < -0.39 is 0 Å². The fourth-order valence-corrected chi connectivity index (χ4v) is 4.92. The minimum Gasteiger partial charge on any atom is -0.346 e. The molecule has 1 saturated heterocycles. The monoisotopic (exact) mass is 341 g/mol. The molecular formula is C18H20ClN5. The Hall–Kier alpha value is -1.85. The summed E-state index contributed by atoms with van der Waals surface area (Å²) in [5, 5.41) is 6.79. The third kappa shape index (κ3) is 1.85. The highest BCUT2D eigenvalue weighted by molar-refractivity contribution is 6.34. The number of halogens is 1. The number of H-pyrrole nitrogens is 1. The Labute approximate surface area is 145 Å². The molecule has 1 spiro atoms. The summed E-state index contributed by atoms with van der Waals surface area (Å²) in [7, 11) is 2.19. The van der Waals surface area contributed by atoms with Crippen LogP contribution in [0, 0.1) is 6.92 Å². The van der Waals surface area contributed by atoms with Gasteiger partial charge >= 0.3 is 0 Å². The van der Waals surface area contributed by atoms with Crippen molar-refractivity contribution in [3.05, 3.63) is 34.7 Å². The Bertz CT molecular complexity index is 956. The zero-order chi connectivity index (χ0) is 16.5. The largest absolute Gasteiger partial charge is 0.346 e. The van der Waals surface area contributed by atoms with Crippen LogP contribution < -0.4 is 0 Å². The van der Waals surface area contributed by atoms with E-state index in [-0.39, 0.29) is 5.41 Å². The zero-order valence-electron chi connectivity index (χ0n) is 13.9. The molecule has 0 aliphatic carbocycles. The molecule has 1 atom stereocenters. The summed E-state index contributed by atoms with van der Waals surface area (Å²) in [6, 6.07) is 2.14. The topological polar surface area (TPSA) is 49.7 Å². The second-order valence-corrected chi connectivity index (χ2v) is 7.72. The highest BCUT2D eigenvalue weighted by Crippen LogP contribution is 2.47. The van der Waals surface area contributed by atoms with Crippen LogP contribution in [0.3, 0.4) is 0 Å². The van der Waals surface area contributed by atoms with Crippen LogP contribution in [0.1, 0.15) is 24.1 Å². The van der Waals surface area contributed by atoms with Crippen LogP contribution >= 0.6 is 11.6 Å². The summed E-state index contributed by atoms with van der Waals surface area (Å²) in [6.07, 6.45) is 6.17. The van der Waals surface area contributed by atoms with Crippen molar-refractivity contribution in [2.45, 2.75) is 31.7 Å². The molecular weight excluding hydrogens is 322 g/mol. The van der Waals surface area contributed by atoms with Gasteiger partial charge in [0.1, 0.15) is 11.3 Å². The Balaban J connectivity index is 1.65. The van der Waals surface area contributed by atoms with Gasteiger partial charge in [0, 0.05) is 41.8 Å². The molecule has 1 N–H and O–H groups in total. The SMILES string of the molecule is Cc1c[nH]c2ncc(-c3nn4c(c3Cl)C3(CCN(C)C3)CC4)cc12. The maximum Gasteiger partial charge on any atom is 0.137 e. The highest BCUT2D eigenvalue weighted by Gasteiger charge is 2.46. The molecule has 24 heavy (non-hydrogen) atoms. The Morgan fingerprint density at radius 2 is 2.12 bits per heavy atom. The lowest BCUT2D eigenvalue weighted by molar-refractivity contribution is 0.366. The first kappa shape index (κ1) is 14.5. The lowest BCUT2D eigenvalue weighted by Crippen LogP contribution is -2.27. The average molecular weight is 342 g/mol. The maximum absolute atomic E-state index is 6.85. The van der Waals surface area contributed by atoms with Gasteiger partial charge < -0.3 is 9.88 Å². The van der Waals surface area contributed by atoms with Crippen molar-refractivity contribution in [2.24, 2.45) is 0 Å². The molecule has 5 heterocycles. The van der Waals surface area contributed by atoms with Gasteiger partial charge in [-0.3, -0.25) is 4.68 Å². The number of nitrogens with zero attached hydrogens (tertiary/aromatic N) is 4.